The summed E-state index contributed by atoms with van der Waals surface area (Å²) in [6.07, 6.45) is 9.30. The van der Waals surface area contributed by atoms with Crippen LogP contribution in [-0.2, 0) is 0 Å². The quantitative estimate of drug-likeness (QED) is 0.756. The maximum absolute atomic E-state index is 3.61. The molecule has 1 saturated heterocycles. The Hall–Kier alpha value is -0.800. The molecule has 2 fully saturated rings. The Labute approximate surface area is 104 Å². The minimum atomic E-state index is 0.431. The van der Waals surface area contributed by atoms with Gasteiger partial charge in [0, 0.05) is 32.4 Å². The van der Waals surface area contributed by atoms with Gasteiger partial charge in [0.15, 0.2) is 0 Å². The zero-order valence-electron chi connectivity index (χ0n) is 10.7. The molecule has 1 aliphatic carbocycles. The second-order valence-electron chi connectivity index (χ2n) is 5.52. The van der Waals surface area contributed by atoms with Crippen molar-refractivity contribution >= 4 is 0 Å². The van der Waals surface area contributed by atoms with Crippen molar-refractivity contribution in [2.45, 2.75) is 32.4 Å². The van der Waals surface area contributed by atoms with Gasteiger partial charge in [-0.1, -0.05) is 12.5 Å². The first-order valence-corrected chi connectivity index (χ1v) is 6.93. The van der Waals surface area contributed by atoms with Crippen LogP contribution in [0.1, 0.15) is 26.2 Å². The molecule has 1 atom stereocenters. The summed E-state index contributed by atoms with van der Waals surface area (Å²) in [4.78, 5) is 2.54. The molecule has 0 aromatic rings. The summed E-state index contributed by atoms with van der Waals surface area (Å²) in [5.41, 5.74) is 3.01. The standard InChI is InChI=1S/C14H23N3/c1-11-9-13(12-3-2-4-12)10-16-14(11)17-7-5-15-6-8-17/h9-10,12,14-16H,2-8H2,1H3. The number of rotatable bonds is 2. The lowest BCUT2D eigenvalue weighted by molar-refractivity contribution is 0.177. The highest BCUT2D eigenvalue weighted by atomic mass is 15.3. The zero-order chi connectivity index (χ0) is 11.7. The number of hydrogen-bond donors (Lipinski definition) is 2. The van der Waals surface area contributed by atoms with Gasteiger partial charge in [0.05, 0.1) is 0 Å². The summed E-state index contributed by atoms with van der Waals surface area (Å²) in [7, 11) is 0. The van der Waals surface area contributed by atoms with E-state index in [2.05, 4.69) is 34.7 Å². The number of hydrogen-bond acceptors (Lipinski definition) is 3. The Balaban J connectivity index is 1.65. The predicted octanol–water partition coefficient (Wildman–Crippen LogP) is 1.45. The Kier molecular flexibility index (Phi) is 3.21. The molecule has 94 valence electrons. The van der Waals surface area contributed by atoms with E-state index in [4.69, 9.17) is 0 Å². The van der Waals surface area contributed by atoms with Gasteiger partial charge in [0.2, 0.25) is 0 Å². The smallest absolute Gasteiger partial charge is 0.101 e. The molecule has 3 rings (SSSR count). The number of nitrogens with one attached hydrogen (secondary N) is 2. The van der Waals surface area contributed by atoms with Gasteiger partial charge < -0.3 is 10.6 Å². The van der Waals surface area contributed by atoms with Gasteiger partial charge >= 0.3 is 0 Å². The average molecular weight is 233 g/mol. The highest BCUT2D eigenvalue weighted by Gasteiger charge is 2.27. The molecule has 2 heterocycles. The van der Waals surface area contributed by atoms with Crippen LogP contribution < -0.4 is 10.6 Å². The van der Waals surface area contributed by atoms with Crippen molar-refractivity contribution in [3.63, 3.8) is 0 Å². The van der Waals surface area contributed by atoms with Crippen molar-refractivity contribution in [1.82, 2.24) is 15.5 Å². The van der Waals surface area contributed by atoms with Gasteiger partial charge in [-0.25, -0.2) is 0 Å². The number of nitrogens with zero attached hydrogens (tertiary/aromatic N) is 1. The van der Waals surface area contributed by atoms with E-state index in [1.165, 1.54) is 30.4 Å². The molecule has 0 aromatic carbocycles. The monoisotopic (exact) mass is 233 g/mol. The molecule has 2 N–H and O–H groups in total. The van der Waals surface area contributed by atoms with E-state index in [9.17, 15) is 0 Å². The van der Waals surface area contributed by atoms with E-state index < -0.39 is 0 Å². The summed E-state index contributed by atoms with van der Waals surface area (Å²) in [6, 6.07) is 0. The maximum Gasteiger partial charge on any atom is 0.101 e. The van der Waals surface area contributed by atoms with Crippen molar-refractivity contribution in [2.75, 3.05) is 26.2 Å². The van der Waals surface area contributed by atoms with Crippen LogP contribution in [0.2, 0.25) is 0 Å². The van der Waals surface area contributed by atoms with Crippen molar-refractivity contribution in [3.8, 4) is 0 Å². The van der Waals surface area contributed by atoms with E-state index in [-0.39, 0.29) is 0 Å². The number of allylic oxidation sites excluding steroid dienone is 2. The number of piperazine rings is 1. The van der Waals surface area contributed by atoms with Crippen LogP contribution in [0, 0.1) is 5.92 Å². The van der Waals surface area contributed by atoms with Crippen molar-refractivity contribution in [1.29, 1.82) is 0 Å². The topological polar surface area (TPSA) is 27.3 Å². The van der Waals surface area contributed by atoms with Crippen molar-refractivity contribution in [3.05, 3.63) is 23.4 Å². The van der Waals surface area contributed by atoms with Gasteiger partial charge in [-0.3, -0.25) is 4.90 Å². The van der Waals surface area contributed by atoms with Gasteiger partial charge in [-0.15, -0.1) is 0 Å². The second-order valence-corrected chi connectivity index (χ2v) is 5.52. The summed E-state index contributed by atoms with van der Waals surface area (Å²) in [6.45, 7) is 6.80. The molecule has 0 radical (unpaired) electrons. The molecular weight excluding hydrogens is 210 g/mol. The van der Waals surface area contributed by atoms with E-state index in [1.807, 2.05) is 0 Å². The largest absolute Gasteiger partial charge is 0.372 e. The first-order valence-electron chi connectivity index (χ1n) is 6.93. The SMILES string of the molecule is CC1=CC(C2CCC2)=CNC1N1CCNCC1. The molecule has 0 aromatic heterocycles. The fourth-order valence-electron chi connectivity index (χ4n) is 3.00. The molecule has 17 heavy (non-hydrogen) atoms. The molecule has 3 aliphatic rings. The molecule has 0 spiro atoms. The normalized spacial score (nSPS) is 31.2. The molecule has 3 heteroatoms. The fraction of sp³-hybridized carbons (Fsp3) is 0.714. The first-order chi connectivity index (χ1) is 8.34. The van der Waals surface area contributed by atoms with Gasteiger partial charge in [-0.05, 0) is 36.8 Å². The van der Waals surface area contributed by atoms with Crippen LogP contribution in [0.15, 0.2) is 23.4 Å². The van der Waals surface area contributed by atoms with Gasteiger partial charge in [0.1, 0.15) is 6.17 Å². The molecule has 0 bridgehead atoms. The second kappa shape index (κ2) is 4.83. The summed E-state index contributed by atoms with van der Waals surface area (Å²) < 4.78 is 0. The first kappa shape index (κ1) is 11.3. The third-order valence-electron chi connectivity index (χ3n) is 4.33. The average Bonchev–Trinajstić information content (AvgIpc) is 2.28. The minimum Gasteiger partial charge on any atom is -0.372 e. The summed E-state index contributed by atoms with van der Waals surface area (Å²) in [5, 5.41) is 7.02. The molecule has 3 nitrogen and oxygen atoms in total. The van der Waals surface area contributed by atoms with Crippen LogP contribution >= 0.6 is 0 Å². The van der Waals surface area contributed by atoms with Gasteiger partial charge in [0.25, 0.3) is 0 Å². The van der Waals surface area contributed by atoms with Gasteiger partial charge in [-0.2, -0.15) is 0 Å². The number of dihydropyridines is 1. The van der Waals surface area contributed by atoms with Crippen LogP contribution in [0.4, 0.5) is 0 Å². The Morgan fingerprint density at radius 1 is 1.24 bits per heavy atom. The molecule has 2 aliphatic heterocycles. The third-order valence-corrected chi connectivity index (χ3v) is 4.33. The van der Waals surface area contributed by atoms with Crippen molar-refractivity contribution < 1.29 is 0 Å². The minimum absolute atomic E-state index is 0.431. The van der Waals surface area contributed by atoms with Crippen LogP contribution in [0.25, 0.3) is 0 Å². The zero-order valence-corrected chi connectivity index (χ0v) is 10.7. The van der Waals surface area contributed by atoms with E-state index in [1.54, 1.807) is 0 Å². The highest BCUT2D eigenvalue weighted by Crippen LogP contribution is 2.35. The predicted molar refractivity (Wildman–Crippen MR) is 70.5 cm³/mol. The fourth-order valence-corrected chi connectivity index (χ4v) is 3.00. The maximum atomic E-state index is 3.61. The molecular formula is C14H23N3. The van der Waals surface area contributed by atoms with Crippen LogP contribution in [0.5, 0.6) is 0 Å². The van der Waals surface area contributed by atoms with E-state index in [0.717, 1.165) is 32.1 Å². The van der Waals surface area contributed by atoms with Crippen LogP contribution in [-0.4, -0.2) is 37.2 Å². The highest BCUT2D eigenvalue weighted by molar-refractivity contribution is 5.32. The Bertz CT molecular complexity index is 335. The lowest BCUT2D eigenvalue weighted by Crippen LogP contribution is -2.53. The Morgan fingerprint density at radius 3 is 2.59 bits per heavy atom. The summed E-state index contributed by atoms with van der Waals surface area (Å²) in [5.74, 6) is 0.835. The molecule has 1 saturated carbocycles. The Morgan fingerprint density at radius 2 is 2.00 bits per heavy atom. The lowest BCUT2D eigenvalue weighted by Gasteiger charge is -2.39. The van der Waals surface area contributed by atoms with Crippen molar-refractivity contribution in [2.24, 2.45) is 5.92 Å². The van der Waals surface area contributed by atoms with E-state index in [0.29, 0.717) is 6.17 Å². The van der Waals surface area contributed by atoms with E-state index >= 15 is 0 Å². The third kappa shape index (κ3) is 2.26. The lowest BCUT2D eigenvalue weighted by atomic mass is 9.78. The molecule has 1 unspecified atom stereocenters. The molecule has 0 amide bonds. The van der Waals surface area contributed by atoms with Crippen LogP contribution in [0.3, 0.4) is 0 Å². The summed E-state index contributed by atoms with van der Waals surface area (Å²) >= 11 is 0.